The van der Waals surface area contributed by atoms with E-state index in [4.69, 9.17) is 4.74 Å². The molecule has 1 amide bonds. The van der Waals surface area contributed by atoms with Crippen molar-refractivity contribution >= 4 is 17.7 Å². The highest BCUT2D eigenvalue weighted by Gasteiger charge is 2.16. The van der Waals surface area contributed by atoms with Gasteiger partial charge in [-0.2, -0.15) is 16.9 Å². The maximum Gasteiger partial charge on any atom is 0.251 e. The van der Waals surface area contributed by atoms with Gasteiger partial charge in [0.25, 0.3) is 5.91 Å². The summed E-state index contributed by atoms with van der Waals surface area (Å²) in [7, 11) is 1.59. The van der Waals surface area contributed by atoms with Crippen molar-refractivity contribution in [3.8, 4) is 11.4 Å². The topological polar surface area (TPSA) is 76.4 Å². The Morgan fingerprint density at radius 1 is 1.40 bits per heavy atom. The van der Waals surface area contributed by atoms with Gasteiger partial charge in [-0.15, -0.1) is 0 Å². The zero-order valence-electron chi connectivity index (χ0n) is 15.1. The summed E-state index contributed by atoms with van der Waals surface area (Å²) in [6.07, 6.45) is 2.73. The van der Waals surface area contributed by atoms with Gasteiger partial charge in [-0.1, -0.05) is 0 Å². The van der Waals surface area contributed by atoms with Gasteiger partial charge in [0.2, 0.25) is 0 Å². The van der Waals surface area contributed by atoms with Crippen LogP contribution in [0.25, 0.3) is 5.69 Å². The third kappa shape index (κ3) is 4.76. The van der Waals surface area contributed by atoms with E-state index in [1.165, 1.54) is 0 Å². The van der Waals surface area contributed by atoms with Gasteiger partial charge in [-0.05, 0) is 56.5 Å². The Labute approximate surface area is 152 Å². The summed E-state index contributed by atoms with van der Waals surface area (Å²) in [5.74, 6) is 1.31. The Balaban J connectivity index is 2.29. The summed E-state index contributed by atoms with van der Waals surface area (Å²) in [5.41, 5.74) is 3.07. The number of nitrogens with one attached hydrogen (secondary N) is 1. The van der Waals surface area contributed by atoms with E-state index in [-0.39, 0.29) is 18.6 Å². The molecule has 1 aromatic heterocycles. The van der Waals surface area contributed by atoms with E-state index in [9.17, 15) is 9.90 Å². The van der Waals surface area contributed by atoms with E-state index in [0.29, 0.717) is 17.0 Å². The summed E-state index contributed by atoms with van der Waals surface area (Å²) in [6, 6.07) is 6.95. The van der Waals surface area contributed by atoms with Crippen molar-refractivity contribution in [2.45, 2.75) is 26.3 Å². The van der Waals surface area contributed by atoms with Crippen molar-refractivity contribution in [3.05, 3.63) is 41.2 Å². The van der Waals surface area contributed by atoms with Gasteiger partial charge in [0.05, 0.1) is 25.5 Å². The summed E-state index contributed by atoms with van der Waals surface area (Å²) in [5, 5.41) is 16.8. The smallest absolute Gasteiger partial charge is 0.251 e. The number of aromatic nitrogens is 2. The molecule has 1 aromatic carbocycles. The van der Waals surface area contributed by atoms with Gasteiger partial charge < -0.3 is 15.2 Å². The summed E-state index contributed by atoms with van der Waals surface area (Å²) < 4.78 is 7.18. The second-order valence-electron chi connectivity index (χ2n) is 5.86. The molecule has 0 saturated carbocycles. The highest BCUT2D eigenvalue weighted by atomic mass is 32.2. The van der Waals surface area contributed by atoms with Gasteiger partial charge in [0, 0.05) is 11.3 Å². The van der Waals surface area contributed by atoms with Crippen LogP contribution in [0.5, 0.6) is 5.75 Å². The highest BCUT2D eigenvalue weighted by molar-refractivity contribution is 7.98. The van der Waals surface area contributed by atoms with Crippen LogP contribution in [0.1, 0.15) is 28.2 Å². The lowest BCUT2D eigenvalue weighted by Crippen LogP contribution is -2.38. The number of methoxy groups -OCH3 is 1. The first-order valence-electron chi connectivity index (χ1n) is 8.12. The van der Waals surface area contributed by atoms with Crippen molar-refractivity contribution in [2.24, 2.45) is 0 Å². The van der Waals surface area contributed by atoms with Crippen LogP contribution >= 0.6 is 11.8 Å². The average molecular weight is 363 g/mol. The molecular formula is C18H25N3O3S. The van der Waals surface area contributed by atoms with Crippen molar-refractivity contribution in [3.63, 3.8) is 0 Å². The van der Waals surface area contributed by atoms with Gasteiger partial charge >= 0.3 is 0 Å². The first-order chi connectivity index (χ1) is 12.0. The SMILES string of the molecule is COc1ccc(C(=O)NC(CO)CCSC)cc1-n1nc(C)cc1C. The molecule has 1 unspecified atom stereocenters. The lowest BCUT2D eigenvalue weighted by atomic mass is 10.1. The number of carbonyl (C=O) groups excluding carboxylic acids is 1. The number of hydrogen-bond donors (Lipinski definition) is 2. The molecule has 0 fully saturated rings. The molecule has 25 heavy (non-hydrogen) atoms. The minimum Gasteiger partial charge on any atom is -0.494 e. The molecule has 7 heteroatoms. The molecule has 0 saturated heterocycles. The predicted octanol–water partition coefficient (Wildman–Crippen LogP) is 2.34. The largest absolute Gasteiger partial charge is 0.494 e. The van der Waals surface area contributed by atoms with E-state index in [2.05, 4.69) is 10.4 Å². The number of aliphatic hydroxyl groups is 1. The average Bonchev–Trinajstić information content (AvgIpc) is 2.95. The molecule has 2 rings (SSSR count). The number of aliphatic hydroxyl groups excluding tert-OH is 1. The molecule has 0 radical (unpaired) electrons. The van der Waals surface area contributed by atoms with Crippen LogP contribution in [0.4, 0.5) is 0 Å². The predicted molar refractivity (Wildman–Crippen MR) is 101 cm³/mol. The monoisotopic (exact) mass is 363 g/mol. The first-order valence-corrected chi connectivity index (χ1v) is 9.51. The fourth-order valence-electron chi connectivity index (χ4n) is 2.61. The highest BCUT2D eigenvalue weighted by Crippen LogP contribution is 2.25. The fraction of sp³-hybridized carbons (Fsp3) is 0.444. The summed E-state index contributed by atoms with van der Waals surface area (Å²) in [4.78, 5) is 12.6. The Hall–Kier alpha value is -1.99. The third-order valence-electron chi connectivity index (χ3n) is 3.90. The molecule has 0 bridgehead atoms. The van der Waals surface area contributed by atoms with Crippen LogP contribution in [0.2, 0.25) is 0 Å². The van der Waals surface area contributed by atoms with Gasteiger partial charge in [-0.25, -0.2) is 4.68 Å². The molecular weight excluding hydrogens is 338 g/mol. The Bertz CT molecular complexity index is 730. The van der Waals surface area contributed by atoms with Crippen LogP contribution in [0.15, 0.2) is 24.3 Å². The maximum atomic E-state index is 12.6. The molecule has 1 heterocycles. The molecule has 0 aliphatic rings. The number of carbonyl (C=O) groups is 1. The Kier molecular flexibility index (Phi) is 6.90. The number of benzene rings is 1. The van der Waals surface area contributed by atoms with Crippen LogP contribution in [-0.2, 0) is 0 Å². The van der Waals surface area contributed by atoms with E-state index >= 15 is 0 Å². The van der Waals surface area contributed by atoms with Crippen molar-refractivity contribution in [1.82, 2.24) is 15.1 Å². The van der Waals surface area contributed by atoms with Crippen molar-refractivity contribution < 1.29 is 14.6 Å². The van der Waals surface area contributed by atoms with Gasteiger partial charge in [-0.3, -0.25) is 4.79 Å². The quantitative estimate of drug-likeness (QED) is 0.753. The number of hydrogen-bond acceptors (Lipinski definition) is 5. The second-order valence-corrected chi connectivity index (χ2v) is 6.85. The lowest BCUT2D eigenvalue weighted by Gasteiger charge is -2.17. The minimum absolute atomic E-state index is 0.0766. The fourth-order valence-corrected chi connectivity index (χ4v) is 3.13. The Morgan fingerprint density at radius 3 is 2.72 bits per heavy atom. The number of rotatable bonds is 8. The number of amides is 1. The van der Waals surface area contributed by atoms with Crippen LogP contribution in [-0.4, -0.2) is 52.6 Å². The molecule has 1 atom stereocenters. The molecule has 0 aliphatic carbocycles. The summed E-state index contributed by atoms with van der Waals surface area (Å²) in [6.45, 7) is 3.80. The van der Waals surface area contributed by atoms with E-state index in [1.54, 1.807) is 41.8 Å². The van der Waals surface area contributed by atoms with E-state index in [0.717, 1.165) is 23.6 Å². The molecule has 2 aromatic rings. The molecule has 0 aliphatic heterocycles. The van der Waals surface area contributed by atoms with Gasteiger partial charge in [0.1, 0.15) is 11.4 Å². The molecule has 0 spiro atoms. The van der Waals surface area contributed by atoms with Crippen molar-refractivity contribution in [1.29, 1.82) is 0 Å². The third-order valence-corrected chi connectivity index (χ3v) is 4.55. The number of thioether (sulfide) groups is 1. The van der Waals surface area contributed by atoms with E-state index in [1.807, 2.05) is 26.2 Å². The zero-order chi connectivity index (χ0) is 18.4. The number of ether oxygens (including phenoxy) is 1. The van der Waals surface area contributed by atoms with Gasteiger partial charge in [0.15, 0.2) is 0 Å². The number of nitrogens with zero attached hydrogens (tertiary/aromatic N) is 2. The first kappa shape index (κ1) is 19.3. The number of aryl methyl sites for hydroxylation is 2. The molecule has 136 valence electrons. The maximum absolute atomic E-state index is 12.6. The van der Waals surface area contributed by atoms with E-state index < -0.39 is 0 Å². The van der Waals surface area contributed by atoms with Crippen molar-refractivity contribution in [2.75, 3.05) is 25.7 Å². The van der Waals surface area contributed by atoms with Crippen LogP contribution in [0, 0.1) is 13.8 Å². The minimum atomic E-state index is -0.251. The summed E-state index contributed by atoms with van der Waals surface area (Å²) >= 11 is 1.69. The standard InChI is InChI=1S/C18H25N3O3S/c1-12-9-13(2)21(20-12)16-10-14(5-6-17(16)24-3)18(23)19-15(11-22)7-8-25-4/h5-6,9-10,15,22H,7-8,11H2,1-4H3,(H,19,23). The normalized spacial score (nSPS) is 12.0. The van der Waals surface area contributed by atoms with Crippen LogP contribution < -0.4 is 10.1 Å². The van der Waals surface area contributed by atoms with Crippen LogP contribution in [0.3, 0.4) is 0 Å². The zero-order valence-corrected chi connectivity index (χ0v) is 15.9. The second kappa shape index (κ2) is 8.92. The molecule has 2 N–H and O–H groups in total. The lowest BCUT2D eigenvalue weighted by molar-refractivity contribution is 0.0915. The Morgan fingerprint density at radius 2 is 2.16 bits per heavy atom. The molecule has 6 nitrogen and oxygen atoms in total.